The van der Waals surface area contributed by atoms with E-state index in [1.54, 1.807) is 19.1 Å². The number of sulfonamides is 1. The van der Waals surface area contributed by atoms with E-state index in [1.807, 2.05) is 12.1 Å². The van der Waals surface area contributed by atoms with Gasteiger partial charge in [-0.15, -0.1) is 0 Å². The second-order valence-electron chi connectivity index (χ2n) is 4.39. The predicted molar refractivity (Wildman–Crippen MR) is 77.9 cm³/mol. The Morgan fingerprint density at radius 2 is 1.52 bits per heavy atom. The molecule has 2 aromatic rings. The molecule has 0 spiro atoms. The number of aryl methyl sites for hydroxylation is 1. The van der Waals surface area contributed by atoms with Gasteiger partial charge in [0.25, 0.3) is 10.0 Å². The third-order valence-electron chi connectivity index (χ3n) is 2.87. The summed E-state index contributed by atoms with van der Waals surface area (Å²) in [6.07, 6.45) is 0. The Balaban J connectivity index is 2.38. The molecule has 0 heterocycles. The molecular weight excluding hydrogens is 286 g/mol. The minimum Gasteiger partial charge on any atom is -0.280 e. The second-order valence-corrected chi connectivity index (χ2v) is 6.04. The third kappa shape index (κ3) is 3.19. The van der Waals surface area contributed by atoms with E-state index in [1.165, 1.54) is 30.3 Å². The highest BCUT2D eigenvalue weighted by molar-refractivity contribution is 7.92. The fraction of sp³-hybridized carbons (Fsp3) is 0.0667. The molecule has 0 saturated carbocycles. The molecule has 0 aromatic heterocycles. The number of hydrogen-bond acceptors (Lipinski definition) is 4. The van der Waals surface area contributed by atoms with Crippen molar-refractivity contribution in [3.05, 3.63) is 59.2 Å². The zero-order chi connectivity index (χ0) is 15.5. The third-order valence-corrected chi connectivity index (χ3v) is 4.40. The summed E-state index contributed by atoms with van der Waals surface area (Å²) in [7, 11) is -3.78. The van der Waals surface area contributed by atoms with Crippen molar-refractivity contribution < 1.29 is 8.42 Å². The highest BCUT2D eigenvalue weighted by Crippen LogP contribution is 2.20. The van der Waals surface area contributed by atoms with E-state index in [0.717, 1.165) is 0 Å². The molecular formula is C15H11N3O2S. The Kier molecular flexibility index (Phi) is 3.93. The lowest BCUT2D eigenvalue weighted by molar-refractivity contribution is 0.600. The lowest BCUT2D eigenvalue weighted by Gasteiger charge is -2.10. The molecule has 21 heavy (non-hydrogen) atoms. The van der Waals surface area contributed by atoms with Gasteiger partial charge in [0.15, 0.2) is 0 Å². The van der Waals surface area contributed by atoms with Gasteiger partial charge in [-0.3, -0.25) is 4.72 Å². The Labute approximate surface area is 123 Å². The average Bonchev–Trinajstić information content (AvgIpc) is 2.48. The molecule has 5 nitrogen and oxygen atoms in total. The van der Waals surface area contributed by atoms with E-state index >= 15 is 0 Å². The van der Waals surface area contributed by atoms with E-state index in [2.05, 4.69) is 4.72 Å². The molecule has 2 rings (SSSR count). The van der Waals surface area contributed by atoms with Gasteiger partial charge < -0.3 is 0 Å². The van der Waals surface area contributed by atoms with Crippen LogP contribution in [0.2, 0.25) is 0 Å². The van der Waals surface area contributed by atoms with Gasteiger partial charge in [0.05, 0.1) is 28.2 Å². The van der Waals surface area contributed by atoms with Crippen LogP contribution in [0.5, 0.6) is 0 Å². The monoisotopic (exact) mass is 297 g/mol. The number of nitrogens with zero attached hydrogens (tertiary/aromatic N) is 2. The van der Waals surface area contributed by atoms with Crippen molar-refractivity contribution in [3.63, 3.8) is 0 Å². The summed E-state index contributed by atoms with van der Waals surface area (Å²) in [6.45, 7) is 1.66. The molecule has 0 fully saturated rings. The number of hydrogen-bond donors (Lipinski definition) is 1. The van der Waals surface area contributed by atoms with Gasteiger partial charge in [0, 0.05) is 5.69 Å². The SMILES string of the molecule is Cc1ccc(C#N)cc1S(=O)(=O)Nc1ccc(C#N)cc1. The average molecular weight is 297 g/mol. The zero-order valence-corrected chi connectivity index (χ0v) is 12.0. The van der Waals surface area contributed by atoms with Crippen molar-refractivity contribution >= 4 is 15.7 Å². The van der Waals surface area contributed by atoms with Gasteiger partial charge in [-0.25, -0.2) is 8.42 Å². The summed E-state index contributed by atoms with van der Waals surface area (Å²) in [6, 6.07) is 14.4. The first kappa shape index (κ1) is 14.6. The fourth-order valence-electron chi connectivity index (χ4n) is 1.78. The van der Waals surface area contributed by atoms with Gasteiger partial charge in [0.1, 0.15) is 0 Å². The van der Waals surface area contributed by atoms with Crippen LogP contribution in [0.15, 0.2) is 47.4 Å². The quantitative estimate of drug-likeness (QED) is 0.942. The maximum absolute atomic E-state index is 12.4. The van der Waals surface area contributed by atoms with Crippen LogP contribution >= 0.6 is 0 Å². The largest absolute Gasteiger partial charge is 0.280 e. The van der Waals surface area contributed by atoms with E-state index in [-0.39, 0.29) is 10.5 Å². The Morgan fingerprint density at radius 3 is 2.10 bits per heavy atom. The number of benzene rings is 2. The maximum atomic E-state index is 12.4. The van der Waals surface area contributed by atoms with Gasteiger partial charge in [-0.1, -0.05) is 6.07 Å². The Bertz CT molecular complexity index is 857. The van der Waals surface area contributed by atoms with Crippen LogP contribution in [0.25, 0.3) is 0 Å². The summed E-state index contributed by atoms with van der Waals surface area (Å²) in [5.74, 6) is 0. The van der Waals surface area contributed by atoms with Crippen LogP contribution in [0.4, 0.5) is 5.69 Å². The summed E-state index contributed by atoms with van der Waals surface area (Å²) in [5.41, 5.74) is 1.63. The minimum atomic E-state index is -3.78. The molecule has 0 radical (unpaired) electrons. The summed E-state index contributed by atoms with van der Waals surface area (Å²) >= 11 is 0. The van der Waals surface area contributed by atoms with Crippen molar-refractivity contribution in [2.45, 2.75) is 11.8 Å². The number of nitrogens with one attached hydrogen (secondary N) is 1. The lowest BCUT2D eigenvalue weighted by atomic mass is 10.2. The first-order chi connectivity index (χ1) is 9.96. The van der Waals surface area contributed by atoms with Gasteiger partial charge in [-0.2, -0.15) is 10.5 Å². The molecule has 0 bridgehead atoms. The first-order valence-corrected chi connectivity index (χ1v) is 7.48. The normalized spacial score (nSPS) is 10.4. The Hall–Kier alpha value is -2.83. The lowest BCUT2D eigenvalue weighted by Crippen LogP contribution is -2.14. The van der Waals surface area contributed by atoms with Gasteiger partial charge in [-0.05, 0) is 48.9 Å². The summed E-state index contributed by atoms with van der Waals surface area (Å²) in [5, 5.41) is 17.6. The van der Waals surface area contributed by atoms with E-state index in [9.17, 15) is 8.42 Å². The van der Waals surface area contributed by atoms with Crippen molar-refractivity contribution in [1.29, 1.82) is 10.5 Å². The molecule has 0 atom stereocenters. The molecule has 0 aliphatic heterocycles. The maximum Gasteiger partial charge on any atom is 0.262 e. The van der Waals surface area contributed by atoms with Crippen LogP contribution in [-0.2, 0) is 10.0 Å². The molecule has 0 amide bonds. The smallest absolute Gasteiger partial charge is 0.262 e. The van der Waals surface area contributed by atoms with Crippen LogP contribution in [0, 0.1) is 29.6 Å². The number of nitriles is 2. The topological polar surface area (TPSA) is 93.8 Å². The van der Waals surface area contributed by atoms with E-state index < -0.39 is 10.0 Å². The highest BCUT2D eigenvalue weighted by atomic mass is 32.2. The van der Waals surface area contributed by atoms with Crippen molar-refractivity contribution in [2.75, 3.05) is 4.72 Å². The first-order valence-electron chi connectivity index (χ1n) is 6.00. The standard InChI is InChI=1S/C15H11N3O2S/c1-11-2-3-13(10-17)8-15(11)21(19,20)18-14-6-4-12(9-16)5-7-14/h2-8,18H,1H3. The molecule has 2 aromatic carbocycles. The molecule has 6 heteroatoms. The molecule has 1 N–H and O–H groups in total. The molecule has 0 unspecified atom stereocenters. The van der Waals surface area contributed by atoms with E-state index in [4.69, 9.17) is 10.5 Å². The molecule has 104 valence electrons. The van der Waals surface area contributed by atoms with Crippen LogP contribution in [0.3, 0.4) is 0 Å². The van der Waals surface area contributed by atoms with Gasteiger partial charge in [0.2, 0.25) is 0 Å². The predicted octanol–water partition coefficient (Wildman–Crippen LogP) is 2.54. The molecule has 0 aliphatic rings. The number of anilines is 1. The molecule has 0 aliphatic carbocycles. The minimum absolute atomic E-state index is 0.0610. The highest BCUT2D eigenvalue weighted by Gasteiger charge is 2.17. The van der Waals surface area contributed by atoms with Crippen molar-refractivity contribution in [1.82, 2.24) is 0 Å². The molecule has 0 saturated heterocycles. The Morgan fingerprint density at radius 1 is 0.952 bits per heavy atom. The van der Waals surface area contributed by atoms with Crippen molar-refractivity contribution in [2.24, 2.45) is 0 Å². The second kappa shape index (κ2) is 5.66. The zero-order valence-electron chi connectivity index (χ0n) is 11.2. The van der Waals surface area contributed by atoms with E-state index in [0.29, 0.717) is 16.8 Å². The van der Waals surface area contributed by atoms with Crippen LogP contribution in [0.1, 0.15) is 16.7 Å². The van der Waals surface area contributed by atoms with Crippen LogP contribution in [-0.4, -0.2) is 8.42 Å². The summed E-state index contributed by atoms with van der Waals surface area (Å²) < 4.78 is 27.2. The number of rotatable bonds is 3. The van der Waals surface area contributed by atoms with Gasteiger partial charge >= 0.3 is 0 Å². The summed E-state index contributed by atoms with van der Waals surface area (Å²) in [4.78, 5) is 0.0610. The van der Waals surface area contributed by atoms with Crippen LogP contribution < -0.4 is 4.72 Å². The van der Waals surface area contributed by atoms with Crippen molar-refractivity contribution in [3.8, 4) is 12.1 Å². The fourth-order valence-corrected chi connectivity index (χ4v) is 3.11.